The quantitative estimate of drug-likeness (QED) is 0.473. The molecule has 4 atom stereocenters. The molecule has 200 valence electrons. The van der Waals surface area contributed by atoms with E-state index in [4.69, 9.17) is 15.2 Å². The van der Waals surface area contributed by atoms with Gasteiger partial charge in [-0.2, -0.15) is 0 Å². The van der Waals surface area contributed by atoms with E-state index >= 15 is 0 Å². The van der Waals surface area contributed by atoms with Crippen molar-refractivity contribution in [2.24, 2.45) is 17.6 Å². The van der Waals surface area contributed by atoms with Crippen molar-refractivity contribution in [3.05, 3.63) is 47.5 Å². The Kier molecular flexibility index (Phi) is 6.71. The maximum absolute atomic E-state index is 14.4. The second kappa shape index (κ2) is 10.0. The summed E-state index contributed by atoms with van der Waals surface area (Å²) in [6.45, 7) is 5.54. The van der Waals surface area contributed by atoms with Crippen molar-refractivity contribution in [2.75, 3.05) is 37.8 Å². The van der Waals surface area contributed by atoms with E-state index in [9.17, 15) is 9.18 Å². The van der Waals surface area contributed by atoms with Crippen molar-refractivity contribution in [3.8, 4) is 5.88 Å². The molecule has 1 aliphatic carbocycles. The lowest BCUT2D eigenvalue weighted by atomic mass is 9.99. The fraction of sp³-hybridized carbons (Fsp3) is 0.481. The van der Waals surface area contributed by atoms with Crippen LogP contribution in [0.3, 0.4) is 0 Å². The smallest absolute Gasteiger partial charge is 0.235 e. The number of fused-ring (bicyclic) bond motifs is 2. The molecule has 1 spiro atoms. The summed E-state index contributed by atoms with van der Waals surface area (Å²) in [7, 11) is 1.57. The number of nitrogens with zero attached hydrogens (tertiary/aromatic N) is 4. The number of carbonyl (C=O) groups is 1. The normalized spacial score (nSPS) is 27.2. The summed E-state index contributed by atoms with van der Waals surface area (Å²) in [6, 6.07) is 7.40. The van der Waals surface area contributed by atoms with Crippen LogP contribution in [0.2, 0.25) is 0 Å². The summed E-state index contributed by atoms with van der Waals surface area (Å²) in [4.78, 5) is 27.2. The van der Waals surface area contributed by atoms with Crippen LogP contribution < -0.4 is 15.8 Å². The minimum Gasteiger partial charge on any atom is -0.481 e. The van der Waals surface area contributed by atoms with Crippen molar-refractivity contribution in [3.63, 3.8) is 0 Å². The molecule has 0 radical (unpaired) electrons. The maximum Gasteiger partial charge on any atom is 0.235 e. The van der Waals surface area contributed by atoms with Gasteiger partial charge in [0.25, 0.3) is 0 Å². The molecular weight excluding hydrogens is 507 g/mol. The minimum absolute atomic E-state index is 0.000767. The number of pyridine rings is 3. The van der Waals surface area contributed by atoms with Crippen LogP contribution in [0.25, 0.3) is 11.0 Å². The highest BCUT2D eigenvalue weighted by Crippen LogP contribution is 2.59. The van der Waals surface area contributed by atoms with E-state index in [1.807, 2.05) is 18.2 Å². The Labute approximate surface area is 224 Å². The Morgan fingerprint density at radius 3 is 2.95 bits per heavy atom. The topological polar surface area (TPSA) is 119 Å². The van der Waals surface area contributed by atoms with Crippen LogP contribution in [0.1, 0.15) is 24.6 Å². The predicted molar refractivity (Wildman–Crippen MR) is 143 cm³/mol. The van der Waals surface area contributed by atoms with E-state index in [-0.39, 0.29) is 17.3 Å². The Balaban J connectivity index is 0.000000171. The highest BCUT2D eigenvalue weighted by Gasteiger charge is 2.71. The van der Waals surface area contributed by atoms with Crippen molar-refractivity contribution < 1.29 is 18.7 Å². The summed E-state index contributed by atoms with van der Waals surface area (Å²) in [5, 5.41) is 2.71. The standard InChI is InChI=1S/C19H22FN3O2.C8H9N3OS/c1-11-7-12-9-23(10-19(12)18(11)25-19)6-5-13-14(20)8-21-15-3-4-16(24-2)22-17(13)15;9-3-5-1-2-6-8(10-5)11-7(12)4-13-6/h3-4,8,11-12,18H,5-7,9-10H2,1-2H3;1-2H,3-4,9H2,(H,10,11,12)/t11?,12-,18?,19?;/m1./s1. The van der Waals surface area contributed by atoms with Crippen molar-refractivity contribution >= 4 is 34.5 Å². The van der Waals surface area contributed by atoms with Crippen molar-refractivity contribution in [2.45, 2.75) is 42.9 Å². The lowest BCUT2D eigenvalue weighted by Gasteiger charge is -2.17. The summed E-state index contributed by atoms with van der Waals surface area (Å²) in [5.41, 5.74) is 8.27. The zero-order chi connectivity index (χ0) is 26.4. The molecule has 3 aliphatic heterocycles. The number of epoxide rings is 1. The fourth-order valence-corrected chi connectivity index (χ4v) is 6.86. The molecule has 4 aliphatic rings. The van der Waals surface area contributed by atoms with Gasteiger partial charge in [-0.05, 0) is 37.0 Å². The molecule has 0 bridgehead atoms. The SMILES string of the molecule is COc1ccc2ncc(F)c(CCN3C[C@H]4CC(C)C5OC54C3)c2n1.NCc1ccc2c(n1)NC(=O)CS2. The maximum atomic E-state index is 14.4. The zero-order valence-electron chi connectivity index (χ0n) is 21.4. The van der Waals surface area contributed by atoms with Crippen LogP contribution in [0.5, 0.6) is 5.88 Å². The lowest BCUT2D eigenvalue weighted by Crippen LogP contribution is -2.27. The molecule has 3 fully saturated rings. The first kappa shape index (κ1) is 25.4. The Hall–Kier alpha value is -2.86. The molecule has 3 N–H and O–H groups in total. The van der Waals surface area contributed by atoms with Crippen molar-refractivity contribution in [1.29, 1.82) is 0 Å². The van der Waals surface area contributed by atoms with Crippen LogP contribution in [-0.2, 0) is 22.5 Å². The molecule has 0 aromatic carbocycles. The molecule has 3 aromatic rings. The fourth-order valence-electron chi connectivity index (χ4n) is 6.10. The van der Waals surface area contributed by atoms with E-state index in [0.29, 0.717) is 65.0 Å². The monoisotopic (exact) mass is 538 g/mol. The van der Waals surface area contributed by atoms with Crippen molar-refractivity contribution in [1.82, 2.24) is 19.9 Å². The van der Waals surface area contributed by atoms with Gasteiger partial charge in [0, 0.05) is 43.7 Å². The van der Waals surface area contributed by atoms with Gasteiger partial charge in [-0.1, -0.05) is 6.92 Å². The number of likely N-dealkylation sites (tertiary alicyclic amines) is 1. The molecule has 38 heavy (non-hydrogen) atoms. The van der Waals surface area contributed by atoms with E-state index in [1.54, 1.807) is 13.2 Å². The number of hydrogen-bond donors (Lipinski definition) is 2. The van der Waals surface area contributed by atoms with Gasteiger partial charge in [-0.25, -0.2) is 14.4 Å². The third-order valence-corrected chi connectivity index (χ3v) is 9.00. The number of amides is 1. The lowest BCUT2D eigenvalue weighted by molar-refractivity contribution is -0.113. The number of aromatic nitrogens is 3. The number of carbonyl (C=O) groups excluding carboxylic acids is 1. The average molecular weight is 539 g/mol. The Bertz CT molecular complexity index is 1390. The Morgan fingerprint density at radius 1 is 1.32 bits per heavy atom. The van der Waals surface area contributed by atoms with Gasteiger partial charge in [-0.15, -0.1) is 11.8 Å². The number of methoxy groups -OCH3 is 1. The van der Waals surface area contributed by atoms with Crippen LogP contribution >= 0.6 is 11.8 Å². The first-order valence-electron chi connectivity index (χ1n) is 12.9. The van der Waals surface area contributed by atoms with Crippen LogP contribution in [-0.4, -0.2) is 70.0 Å². The highest BCUT2D eigenvalue weighted by molar-refractivity contribution is 8.00. The first-order valence-corrected chi connectivity index (χ1v) is 13.9. The Morgan fingerprint density at radius 2 is 2.18 bits per heavy atom. The molecule has 7 rings (SSSR count). The molecule has 2 saturated heterocycles. The van der Waals surface area contributed by atoms with E-state index in [1.165, 1.54) is 24.4 Å². The highest BCUT2D eigenvalue weighted by atomic mass is 32.2. The summed E-state index contributed by atoms with van der Waals surface area (Å²) in [5.74, 6) is 2.63. The first-order chi connectivity index (χ1) is 18.4. The number of hydrogen-bond acceptors (Lipinski definition) is 9. The van der Waals surface area contributed by atoms with Gasteiger partial charge >= 0.3 is 0 Å². The van der Waals surface area contributed by atoms with E-state index in [2.05, 4.69) is 32.1 Å². The molecular formula is C27H31FN6O3S. The molecule has 3 aromatic heterocycles. The molecule has 1 amide bonds. The molecule has 6 heterocycles. The van der Waals surface area contributed by atoms with Gasteiger partial charge in [0.2, 0.25) is 11.8 Å². The van der Waals surface area contributed by atoms with Crippen LogP contribution in [0.15, 0.2) is 35.4 Å². The number of nitrogens with two attached hydrogens (primary N) is 1. The molecule has 3 unspecified atom stereocenters. The number of nitrogens with one attached hydrogen (secondary N) is 1. The number of halogens is 1. The molecule has 11 heteroatoms. The van der Waals surface area contributed by atoms with E-state index < -0.39 is 0 Å². The number of rotatable bonds is 5. The van der Waals surface area contributed by atoms with Crippen LogP contribution in [0.4, 0.5) is 10.2 Å². The largest absolute Gasteiger partial charge is 0.481 e. The van der Waals surface area contributed by atoms with Crippen LogP contribution in [0, 0.1) is 17.7 Å². The average Bonchev–Trinajstić information content (AvgIpc) is 3.46. The third kappa shape index (κ3) is 4.61. The molecule has 9 nitrogen and oxygen atoms in total. The second-order valence-corrected chi connectivity index (χ2v) is 11.4. The van der Waals surface area contributed by atoms with Gasteiger partial charge in [0.15, 0.2) is 0 Å². The predicted octanol–water partition coefficient (Wildman–Crippen LogP) is 3.01. The second-order valence-electron chi connectivity index (χ2n) is 10.4. The summed E-state index contributed by atoms with van der Waals surface area (Å²) < 4.78 is 25.6. The molecule has 1 saturated carbocycles. The number of anilines is 1. The summed E-state index contributed by atoms with van der Waals surface area (Å²) >= 11 is 1.50. The van der Waals surface area contributed by atoms with Gasteiger partial charge in [0.05, 0.1) is 46.8 Å². The number of ether oxygens (including phenoxy) is 2. The summed E-state index contributed by atoms with van der Waals surface area (Å²) in [6.07, 6.45) is 3.62. The number of thioether (sulfide) groups is 1. The van der Waals surface area contributed by atoms with E-state index in [0.717, 1.165) is 30.2 Å². The minimum atomic E-state index is -0.292. The van der Waals surface area contributed by atoms with Gasteiger partial charge in [-0.3, -0.25) is 14.7 Å². The van der Waals surface area contributed by atoms with Gasteiger partial charge < -0.3 is 20.5 Å². The third-order valence-electron chi connectivity index (χ3n) is 7.95. The van der Waals surface area contributed by atoms with Gasteiger partial charge in [0.1, 0.15) is 17.2 Å². The zero-order valence-corrected chi connectivity index (χ0v) is 22.3.